The zero-order chi connectivity index (χ0) is 14.2. The Labute approximate surface area is 127 Å². The Kier molecular flexibility index (Phi) is 3.11. The minimum absolute atomic E-state index is 0.322. The second kappa shape index (κ2) is 5.11. The Morgan fingerprint density at radius 2 is 2.24 bits per heavy atom. The van der Waals surface area contributed by atoms with Gasteiger partial charge < -0.3 is 4.90 Å². The summed E-state index contributed by atoms with van der Waals surface area (Å²) < 4.78 is 6.43. The van der Waals surface area contributed by atoms with E-state index in [0.29, 0.717) is 17.5 Å². The molecular weight excluding hydrogens is 284 g/mol. The van der Waals surface area contributed by atoms with Crippen molar-refractivity contribution < 1.29 is 0 Å². The average Bonchev–Trinajstić information content (AvgIpc) is 3.16. The largest absolute Gasteiger partial charge is 0.345 e. The molecule has 2 aromatic rings. The maximum absolute atomic E-state index is 8.88. The van der Waals surface area contributed by atoms with Gasteiger partial charge in [-0.1, -0.05) is 6.42 Å². The molecular formula is C14H16N6S. The molecule has 0 N–H and O–H groups in total. The van der Waals surface area contributed by atoms with E-state index in [4.69, 9.17) is 10.2 Å². The molecule has 0 spiro atoms. The summed E-state index contributed by atoms with van der Waals surface area (Å²) in [5, 5.41) is 14.2. The molecule has 7 heteroatoms. The van der Waals surface area contributed by atoms with Crippen molar-refractivity contribution in [3.8, 4) is 6.07 Å². The fraction of sp³-hybridized carbons (Fsp3) is 0.571. The number of nitrogens with zero attached hydrogens (tertiary/aromatic N) is 6. The van der Waals surface area contributed by atoms with Crippen LogP contribution < -0.4 is 4.90 Å². The van der Waals surface area contributed by atoms with Crippen LogP contribution in [0.4, 0.5) is 5.13 Å². The van der Waals surface area contributed by atoms with Crippen LogP contribution in [-0.2, 0) is 0 Å². The molecule has 2 aromatic heterocycles. The zero-order valence-corrected chi connectivity index (χ0v) is 12.5. The number of anilines is 1. The van der Waals surface area contributed by atoms with Crippen LogP contribution in [0.2, 0.25) is 0 Å². The summed E-state index contributed by atoms with van der Waals surface area (Å²) in [5.74, 6) is 1.63. The van der Waals surface area contributed by atoms with E-state index < -0.39 is 0 Å². The van der Waals surface area contributed by atoms with Crippen molar-refractivity contribution in [2.24, 2.45) is 0 Å². The van der Waals surface area contributed by atoms with Gasteiger partial charge in [0.2, 0.25) is 5.13 Å². The molecule has 1 unspecified atom stereocenters. The molecule has 4 rings (SSSR count). The van der Waals surface area contributed by atoms with Crippen LogP contribution in [0.5, 0.6) is 0 Å². The average molecular weight is 300 g/mol. The first kappa shape index (κ1) is 12.8. The molecule has 0 aromatic carbocycles. The van der Waals surface area contributed by atoms with E-state index in [9.17, 15) is 0 Å². The molecule has 1 atom stereocenters. The Balaban J connectivity index is 1.45. The summed E-state index contributed by atoms with van der Waals surface area (Å²) in [6.45, 7) is 1.87. The number of rotatable bonds is 3. The lowest BCUT2D eigenvalue weighted by Gasteiger charge is -2.22. The maximum atomic E-state index is 8.88. The smallest absolute Gasteiger partial charge is 0.205 e. The molecule has 1 aliphatic heterocycles. The highest BCUT2D eigenvalue weighted by atomic mass is 32.1. The number of hydrogen-bond acceptors (Lipinski definition) is 6. The Bertz CT molecular complexity index is 680. The summed E-state index contributed by atoms with van der Waals surface area (Å²) in [6, 6.07) is 2.45. The number of aromatic nitrogens is 4. The molecule has 2 aliphatic rings. The maximum Gasteiger partial charge on any atom is 0.205 e. The van der Waals surface area contributed by atoms with E-state index in [0.717, 1.165) is 30.5 Å². The van der Waals surface area contributed by atoms with Crippen LogP contribution in [0.15, 0.2) is 12.4 Å². The van der Waals surface area contributed by atoms with Crippen molar-refractivity contribution in [2.75, 3.05) is 18.0 Å². The summed E-state index contributed by atoms with van der Waals surface area (Å²) >= 11 is 1.51. The monoisotopic (exact) mass is 300 g/mol. The topological polar surface area (TPSA) is 70.6 Å². The summed E-state index contributed by atoms with van der Waals surface area (Å²) in [5.41, 5.74) is 0.622. The third-order valence-corrected chi connectivity index (χ3v) is 5.23. The van der Waals surface area contributed by atoms with Crippen molar-refractivity contribution in [1.82, 2.24) is 19.1 Å². The third-order valence-electron chi connectivity index (χ3n) is 4.44. The molecule has 1 aliphatic carbocycles. The van der Waals surface area contributed by atoms with Gasteiger partial charge in [-0.15, -0.1) is 0 Å². The van der Waals surface area contributed by atoms with Crippen molar-refractivity contribution in [3.05, 3.63) is 23.8 Å². The normalized spacial score (nSPS) is 22.2. The van der Waals surface area contributed by atoms with Gasteiger partial charge in [0.25, 0.3) is 0 Å². The van der Waals surface area contributed by atoms with Crippen molar-refractivity contribution in [3.63, 3.8) is 0 Å². The Morgan fingerprint density at radius 3 is 2.95 bits per heavy atom. The predicted octanol–water partition coefficient (Wildman–Crippen LogP) is 2.33. The highest BCUT2D eigenvalue weighted by Gasteiger charge is 2.29. The van der Waals surface area contributed by atoms with Crippen LogP contribution in [0.25, 0.3) is 0 Å². The SMILES string of the molecule is N#Cc1cnn(C2CCN(c3nc(C4CCC4)ns3)C2)c1. The van der Waals surface area contributed by atoms with Crippen LogP contribution >= 0.6 is 11.5 Å². The number of hydrogen-bond donors (Lipinski definition) is 0. The first-order valence-electron chi connectivity index (χ1n) is 7.36. The lowest BCUT2D eigenvalue weighted by atomic mass is 9.85. The summed E-state index contributed by atoms with van der Waals surface area (Å²) in [4.78, 5) is 7.00. The minimum Gasteiger partial charge on any atom is -0.345 e. The van der Waals surface area contributed by atoms with Gasteiger partial charge in [-0.05, 0) is 19.3 Å². The molecule has 0 radical (unpaired) electrons. The van der Waals surface area contributed by atoms with Gasteiger partial charge in [0.1, 0.15) is 11.9 Å². The standard InChI is InChI=1S/C14H16N6S/c15-6-10-7-16-20(8-10)12-4-5-19(9-12)14-17-13(18-21-14)11-2-1-3-11/h7-8,11-12H,1-5,9H2. The van der Waals surface area contributed by atoms with E-state index in [1.165, 1.54) is 30.8 Å². The summed E-state index contributed by atoms with van der Waals surface area (Å²) in [6.07, 6.45) is 8.28. The van der Waals surface area contributed by atoms with E-state index in [1.54, 1.807) is 6.20 Å². The predicted molar refractivity (Wildman–Crippen MR) is 79.3 cm³/mol. The fourth-order valence-electron chi connectivity index (χ4n) is 2.91. The van der Waals surface area contributed by atoms with E-state index >= 15 is 0 Å². The lowest BCUT2D eigenvalue weighted by molar-refractivity contribution is 0.405. The second-order valence-electron chi connectivity index (χ2n) is 5.77. The van der Waals surface area contributed by atoms with Crippen LogP contribution in [0.1, 0.15) is 49.0 Å². The molecule has 6 nitrogen and oxygen atoms in total. The van der Waals surface area contributed by atoms with Crippen molar-refractivity contribution in [2.45, 2.75) is 37.6 Å². The lowest BCUT2D eigenvalue weighted by Crippen LogP contribution is -2.21. The van der Waals surface area contributed by atoms with Gasteiger partial charge in [0.05, 0.1) is 17.8 Å². The van der Waals surface area contributed by atoms with Gasteiger partial charge in [-0.25, -0.2) is 4.98 Å². The van der Waals surface area contributed by atoms with Gasteiger partial charge in [-0.2, -0.15) is 14.7 Å². The van der Waals surface area contributed by atoms with E-state index in [1.807, 2.05) is 10.9 Å². The van der Waals surface area contributed by atoms with Gasteiger partial charge in [0.15, 0.2) is 0 Å². The minimum atomic E-state index is 0.322. The molecule has 0 bridgehead atoms. The van der Waals surface area contributed by atoms with Gasteiger partial charge >= 0.3 is 0 Å². The molecule has 0 amide bonds. The zero-order valence-electron chi connectivity index (χ0n) is 11.6. The molecule has 3 heterocycles. The molecule has 2 fully saturated rings. The molecule has 108 valence electrons. The van der Waals surface area contributed by atoms with E-state index in [-0.39, 0.29) is 0 Å². The fourth-order valence-corrected chi connectivity index (χ4v) is 3.69. The first-order valence-corrected chi connectivity index (χ1v) is 8.13. The van der Waals surface area contributed by atoms with Crippen LogP contribution in [0, 0.1) is 11.3 Å². The quantitative estimate of drug-likeness (QED) is 0.870. The molecule has 21 heavy (non-hydrogen) atoms. The summed E-state index contributed by atoms with van der Waals surface area (Å²) in [7, 11) is 0. The second-order valence-corrected chi connectivity index (χ2v) is 6.50. The molecule has 1 saturated heterocycles. The van der Waals surface area contributed by atoms with Crippen LogP contribution in [0.3, 0.4) is 0 Å². The highest BCUT2D eigenvalue weighted by Crippen LogP contribution is 2.37. The first-order chi connectivity index (χ1) is 10.3. The Morgan fingerprint density at radius 1 is 1.33 bits per heavy atom. The highest BCUT2D eigenvalue weighted by molar-refractivity contribution is 7.09. The van der Waals surface area contributed by atoms with E-state index in [2.05, 4.69) is 20.4 Å². The van der Waals surface area contributed by atoms with Crippen molar-refractivity contribution >= 4 is 16.7 Å². The molecule has 1 saturated carbocycles. The van der Waals surface area contributed by atoms with Gasteiger partial charge in [-0.3, -0.25) is 4.68 Å². The number of nitriles is 1. The third kappa shape index (κ3) is 2.29. The van der Waals surface area contributed by atoms with Gasteiger partial charge in [0, 0.05) is 36.7 Å². The van der Waals surface area contributed by atoms with Crippen molar-refractivity contribution in [1.29, 1.82) is 5.26 Å². The Hall–Kier alpha value is -1.94. The van der Waals surface area contributed by atoms with Crippen LogP contribution in [-0.4, -0.2) is 32.2 Å².